The van der Waals surface area contributed by atoms with E-state index in [2.05, 4.69) is 33.9 Å². The van der Waals surface area contributed by atoms with Crippen LogP contribution in [0.4, 0.5) is 5.69 Å². The highest BCUT2D eigenvalue weighted by Crippen LogP contribution is 2.47. The summed E-state index contributed by atoms with van der Waals surface area (Å²) in [6.07, 6.45) is 9.96. The van der Waals surface area contributed by atoms with E-state index in [1.165, 1.54) is 11.1 Å². The molecule has 244 valence electrons. The number of rotatable bonds is 4. The van der Waals surface area contributed by atoms with E-state index in [1.807, 2.05) is 25.1 Å². The first-order valence-corrected chi connectivity index (χ1v) is 18.1. The Kier molecular flexibility index (Phi) is 9.53. The summed E-state index contributed by atoms with van der Waals surface area (Å²) in [5.41, 5.74) is 3.42. The molecule has 0 unspecified atom stereocenters. The summed E-state index contributed by atoms with van der Waals surface area (Å²) in [6, 6.07) is 11.5. The van der Waals surface area contributed by atoms with Crippen molar-refractivity contribution in [2.75, 3.05) is 45.4 Å². The third-order valence-electron chi connectivity index (χ3n) is 10.5. The molecule has 2 bridgehead atoms. The van der Waals surface area contributed by atoms with Crippen molar-refractivity contribution in [3.8, 4) is 5.75 Å². The van der Waals surface area contributed by atoms with E-state index in [0.29, 0.717) is 36.2 Å². The van der Waals surface area contributed by atoms with Gasteiger partial charge in [-0.1, -0.05) is 36.7 Å². The molecule has 0 radical (unpaired) electrons. The zero-order valence-electron chi connectivity index (χ0n) is 26.5. The monoisotopic (exact) mass is 656 g/mol. The minimum absolute atomic E-state index is 0.0315. The summed E-state index contributed by atoms with van der Waals surface area (Å²) in [5.74, 6) is 0.779. The molecular formula is C35H45ClN2O6S. The lowest BCUT2D eigenvalue weighted by molar-refractivity contribution is 0.0130. The van der Waals surface area contributed by atoms with Crippen molar-refractivity contribution < 1.29 is 27.4 Å². The summed E-state index contributed by atoms with van der Waals surface area (Å²) in [7, 11) is -0.671. The van der Waals surface area contributed by atoms with E-state index in [4.69, 9.17) is 25.8 Å². The molecular weight excluding hydrogens is 612 g/mol. The van der Waals surface area contributed by atoms with E-state index in [0.717, 1.165) is 55.9 Å². The third kappa shape index (κ3) is 6.64. The maximum Gasteiger partial charge on any atom is 0.264 e. The maximum absolute atomic E-state index is 13.6. The summed E-state index contributed by atoms with van der Waals surface area (Å²) < 4.78 is 47.4. The highest BCUT2D eigenvalue weighted by atomic mass is 35.5. The average molecular weight is 657 g/mol. The fourth-order valence-corrected chi connectivity index (χ4v) is 9.60. The van der Waals surface area contributed by atoms with Gasteiger partial charge in [0.25, 0.3) is 5.91 Å². The van der Waals surface area contributed by atoms with E-state index >= 15 is 0 Å². The number of allylic oxidation sites excluding steroid dienone is 1. The maximum atomic E-state index is 13.6. The van der Waals surface area contributed by atoms with Gasteiger partial charge in [-0.2, -0.15) is 0 Å². The Morgan fingerprint density at radius 1 is 1.13 bits per heavy atom. The first-order chi connectivity index (χ1) is 21.6. The van der Waals surface area contributed by atoms with Crippen LogP contribution in [0, 0.1) is 17.8 Å². The fourth-order valence-electron chi connectivity index (χ4n) is 7.90. The molecule has 2 aromatic carbocycles. The summed E-state index contributed by atoms with van der Waals surface area (Å²) in [6.45, 7) is 4.32. The molecule has 45 heavy (non-hydrogen) atoms. The van der Waals surface area contributed by atoms with Crippen LogP contribution in [-0.4, -0.2) is 66.2 Å². The quantitative estimate of drug-likeness (QED) is 0.409. The second-order valence-electron chi connectivity index (χ2n) is 13.5. The minimum atomic E-state index is -3.98. The van der Waals surface area contributed by atoms with Crippen LogP contribution in [0.15, 0.2) is 48.6 Å². The zero-order chi connectivity index (χ0) is 31.8. The number of carbonyl (C=O) groups excluding carboxylic acids is 1. The molecule has 1 saturated carbocycles. The molecule has 1 fully saturated rings. The molecule has 10 heteroatoms. The topological polar surface area (TPSA) is 94.2 Å². The largest absolute Gasteiger partial charge is 0.490 e. The number of amides is 1. The molecule has 1 N–H and O–H groups in total. The Morgan fingerprint density at radius 3 is 2.73 bits per heavy atom. The average Bonchev–Trinajstić information content (AvgIpc) is 3.15. The number of methoxy groups -OCH3 is 2. The van der Waals surface area contributed by atoms with Crippen LogP contribution in [-0.2, 0) is 31.3 Å². The van der Waals surface area contributed by atoms with Gasteiger partial charge in [0, 0.05) is 49.9 Å². The third-order valence-corrected chi connectivity index (χ3v) is 12.5. The molecule has 6 rings (SSSR count). The molecule has 0 aromatic heterocycles. The van der Waals surface area contributed by atoms with Crippen molar-refractivity contribution in [3.63, 3.8) is 0 Å². The number of fused-ring (bicyclic) bond motifs is 4. The van der Waals surface area contributed by atoms with Crippen molar-refractivity contribution in [1.29, 1.82) is 0 Å². The van der Waals surface area contributed by atoms with Crippen molar-refractivity contribution in [3.05, 3.63) is 70.3 Å². The number of nitrogens with one attached hydrogen (secondary N) is 1. The lowest BCUT2D eigenvalue weighted by atomic mass is 9.68. The Hall–Kier alpha value is -2.59. The highest BCUT2D eigenvalue weighted by Gasteiger charge is 2.44. The second-order valence-corrected chi connectivity index (χ2v) is 15.9. The van der Waals surface area contributed by atoms with Crippen molar-refractivity contribution in [2.24, 2.45) is 17.8 Å². The standard InChI is InChI=1S/C35H45ClN2O6S/c1-23-6-12-32(43-3)29-10-7-26(29)20-38-21-35(15-4-5-24-18-27(36)9-11-30(24)35)22-44-33-13-8-25(19-31(33)38)34(39)37-45(40,41)28(17-23)14-16-42-2/h6,8-9,11-13,18-19,23,26,28-29,32H,4-5,7,10,14-17,20-22H2,1-3H3,(H,37,39)/b12-6+/t23-,26+,28+,29-,32+,35+/m1/s1. The highest BCUT2D eigenvalue weighted by molar-refractivity contribution is 7.90. The number of carbonyl (C=O) groups is 1. The van der Waals surface area contributed by atoms with Crippen LogP contribution in [0.1, 0.15) is 66.9 Å². The SMILES string of the molecule is COCC[C@H]1C[C@H](C)/C=C/[C@H](OC)[C@@H]2CC[C@H]2CN2C[C@@]3(CCCc4cc(Cl)ccc43)COc3ccc(cc32)C(=O)NS1(=O)=O. The number of ether oxygens (including phenoxy) is 3. The van der Waals surface area contributed by atoms with Crippen LogP contribution in [0.5, 0.6) is 5.75 Å². The van der Waals surface area contributed by atoms with Crippen LogP contribution < -0.4 is 14.4 Å². The second kappa shape index (κ2) is 13.3. The van der Waals surface area contributed by atoms with E-state index in [9.17, 15) is 13.2 Å². The number of benzene rings is 2. The molecule has 6 atom stereocenters. The molecule has 2 aliphatic heterocycles. The van der Waals surface area contributed by atoms with Crippen LogP contribution in [0.25, 0.3) is 0 Å². The summed E-state index contributed by atoms with van der Waals surface area (Å²) in [5, 5.41) is -0.0409. The van der Waals surface area contributed by atoms with Gasteiger partial charge in [-0.25, -0.2) is 13.1 Å². The van der Waals surface area contributed by atoms with Gasteiger partial charge < -0.3 is 19.1 Å². The normalized spacial score (nSPS) is 31.9. The van der Waals surface area contributed by atoms with Gasteiger partial charge in [0.1, 0.15) is 5.75 Å². The predicted octanol–water partition coefficient (Wildman–Crippen LogP) is 5.92. The molecule has 2 heterocycles. The molecule has 2 aliphatic carbocycles. The molecule has 4 aliphatic rings. The van der Waals surface area contributed by atoms with Gasteiger partial charge in [-0.15, -0.1) is 0 Å². The fraction of sp³-hybridized carbons (Fsp3) is 0.571. The Bertz CT molecular complexity index is 1550. The number of nitrogens with zero attached hydrogens (tertiary/aromatic N) is 1. The number of aryl methyl sites for hydroxylation is 1. The molecule has 2 aromatic rings. The lowest BCUT2D eigenvalue weighted by Gasteiger charge is -2.46. The predicted molar refractivity (Wildman–Crippen MR) is 177 cm³/mol. The van der Waals surface area contributed by atoms with Gasteiger partial charge in [0.05, 0.1) is 23.6 Å². The number of anilines is 1. The minimum Gasteiger partial charge on any atom is -0.490 e. The molecule has 8 nitrogen and oxygen atoms in total. The van der Waals surface area contributed by atoms with Gasteiger partial charge in [0.15, 0.2) is 0 Å². The van der Waals surface area contributed by atoms with Crippen molar-refractivity contribution >= 4 is 33.2 Å². The van der Waals surface area contributed by atoms with Crippen LogP contribution in [0.3, 0.4) is 0 Å². The first kappa shape index (κ1) is 32.4. The van der Waals surface area contributed by atoms with E-state index in [1.54, 1.807) is 20.3 Å². The van der Waals surface area contributed by atoms with E-state index in [-0.39, 0.29) is 30.5 Å². The van der Waals surface area contributed by atoms with Gasteiger partial charge in [-0.3, -0.25) is 4.79 Å². The summed E-state index contributed by atoms with van der Waals surface area (Å²) in [4.78, 5) is 16.0. The Morgan fingerprint density at radius 2 is 1.98 bits per heavy atom. The smallest absolute Gasteiger partial charge is 0.264 e. The van der Waals surface area contributed by atoms with Gasteiger partial charge in [-0.05, 0) is 104 Å². The summed E-state index contributed by atoms with van der Waals surface area (Å²) >= 11 is 6.42. The Labute approximate surface area is 272 Å². The molecule has 1 amide bonds. The van der Waals surface area contributed by atoms with Crippen molar-refractivity contribution in [2.45, 2.75) is 68.6 Å². The lowest BCUT2D eigenvalue weighted by Crippen LogP contribution is -2.49. The Balaban J connectivity index is 1.42. The molecule has 0 saturated heterocycles. The van der Waals surface area contributed by atoms with Crippen molar-refractivity contribution in [1.82, 2.24) is 4.72 Å². The number of hydrogen-bond donors (Lipinski definition) is 1. The zero-order valence-corrected chi connectivity index (χ0v) is 28.0. The van der Waals surface area contributed by atoms with Gasteiger partial charge in [0.2, 0.25) is 10.0 Å². The van der Waals surface area contributed by atoms with Crippen LogP contribution >= 0.6 is 11.6 Å². The number of halogens is 1. The first-order valence-electron chi connectivity index (χ1n) is 16.2. The van der Waals surface area contributed by atoms with E-state index < -0.39 is 21.2 Å². The number of sulfonamides is 1. The molecule has 1 spiro atoms. The number of hydrogen-bond acceptors (Lipinski definition) is 7. The van der Waals surface area contributed by atoms with Gasteiger partial charge >= 0.3 is 0 Å². The van der Waals surface area contributed by atoms with Crippen LogP contribution in [0.2, 0.25) is 5.02 Å².